The van der Waals surface area contributed by atoms with Crippen molar-refractivity contribution in [2.45, 2.75) is 13.0 Å². The van der Waals surface area contributed by atoms with Gasteiger partial charge in [0.05, 0.1) is 0 Å². The van der Waals surface area contributed by atoms with Crippen LogP contribution in [0, 0.1) is 17.5 Å². The van der Waals surface area contributed by atoms with E-state index in [9.17, 15) is 13.2 Å². The third kappa shape index (κ3) is 2.01. The van der Waals surface area contributed by atoms with Crippen LogP contribution in [0.1, 0.15) is 18.5 Å². The highest BCUT2D eigenvalue weighted by molar-refractivity contribution is 5.22. The molecule has 0 saturated heterocycles. The maximum atomic E-state index is 12.7. The van der Waals surface area contributed by atoms with Crippen molar-refractivity contribution < 1.29 is 13.2 Å². The van der Waals surface area contributed by atoms with Gasteiger partial charge in [-0.25, -0.2) is 13.2 Å². The normalized spacial score (nSPS) is 13.0. The lowest BCUT2D eigenvalue weighted by Gasteiger charge is -2.10. The van der Waals surface area contributed by atoms with Crippen molar-refractivity contribution in [2.75, 3.05) is 7.05 Å². The van der Waals surface area contributed by atoms with E-state index in [1.54, 1.807) is 14.0 Å². The van der Waals surface area contributed by atoms with Gasteiger partial charge in [0.1, 0.15) is 0 Å². The molecule has 0 unspecified atom stereocenters. The zero-order valence-electron chi connectivity index (χ0n) is 7.37. The first-order valence-electron chi connectivity index (χ1n) is 3.88. The van der Waals surface area contributed by atoms with Crippen LogP contribution in [0.4, 0.5) is 13.2 Å². The lowest BCUT2D eigenvalue weighted by molar-refractivity contribution is 0.442. The quantitative estimate of drug-likeness (QED) is 0.704. The first-order valence-corrected chi connectivity index (χ1v) is 3.88. The predicted octanol–water partition coefficient (Wildman–Crippen LogP) is 2.38. The largest absolute Gasteiger partial charge is 0.313 e. The Balaban J connectivity index is 3.13. The minimum absolute atomic E-state index is 0.204. The molecule has 0 aromatic heterocycles. The van der Waals surface area contributed by atoms with Crippen LogP contribution in [0.2, 0.25) is 0 Å². The van der Waals surface area contributed by atoms with E-state index in [0.29, 0.717) is 5.56 Å². The van der Waals surface area contributed by atoms with E-state index in [1.165, 1.54) is 0 Å². The molecule has 72 valence electrons. The van der Waals surface area contributed by atoms with Gasteiger partial charge < -0.3 is 5.32 Å². The van der Waals surface area contributed by atoms with E-state index in [1.807, 2.05) is 0 Å². The second-order valence-corrected chi connectivity index (χ2v) is 2.81. The lowest BCUT2D eigenvalue weighted by Crippen LogP contribution is -2.13. The second-order valence-electron chi connectivity index (χ2n) is 2.81. The molecule has 0 bridgehead atoms. The predicted molar refractivity (Wildman–Crippen MR) is 43.8 cm³/mol. The smallest absolute Gasteiger partial charge is 0.194 e. The van der Waals surface area contributed by atoms with E-state index in [4.69, 9.17) is 0 Å². The van der Waals surface area contributed by atoms with Gasteiger partial charge in [-0.2, -0.15) is 0 Å². The third-order valence-corrected chi connectivity index (χ3v) is 1.94. The van der Waals surface area contributed by atoms with Crippen LogP contribution < -0.4 is 5.32 Å². The highest BCUT2D eigenvalue weighted by atomic mass is 19.2. The summed E-state index contributed by atoms with van der Waals surface area (Å²) in [6.45, 7) is 1.73. The van der Waals surface area contributed by atoms with Gasteiger partial charge in [0.25, 0.3) is 0 Å². The molecule has 0 aliphatic carbocycles. The van der Waals surface area contributed by atoms with Gasteiger partial charge in [0, 0.05) is 6.04 Å². The van der Waals surface area contributed by atoms with Gasteiger partial charge in [-0.15, -0.1) is 0 Å². The van der Waals surface area contributed by atoms with Gasteiger partial charge in [-0.1, -0.05) is 0 Å². The number of hydrogen-bond acceptors (Lipinski definition) is 1. The van der Waals surface area contributed by atoms with E-state index in [0.717, 1.165) is 12.1 Å². The zero-order chi connectivity index (χ0) is 10.0. The number of rotatable bonds is 2. The van der Waals surface area contributed by atoms with Crippen LogP contribution in [-0.2, 0) is 0 Å². The summed E-state index contributed by atoms with van der Waals surface area (Å²) in [5.74, 6) is -3.73. The topological polar surface area (TPSA) is 12.0 Å². The lowest BCUT2D eigenvalue weighted by atomic mass is 10.1. The summed E-state index contributed by atoms with van der Waals surface area (Å²) in [5, 5.41) is 2.80. The monoisotopic (exact) mass is 189 g/mol. The van der Waals surface area contributed by atoms with Crippen molar-refractivity contribution in [3.63, 3.8) is 0 Å². The Bertz CT molecular complexity index is 289. The highest BCUT2D eigenvalue weighted by Gasteiger charge is 2.12. The standard InChI is InChI=1S/C9H10F3N/c1-5(13-2)6-3-7(10)9(12)8(11)4-6/h3-5,13H,1-2H3/t5-/m0/s1. The number of nitrogens with one attached hydrogen (secondary N) is 1. The van der Waals surface area contributed by atoms with Crippen LogP contribution in [0.25, 0.3) is 0 Å². The summed E-state index contributed by atoms with van der Waals surface area (Å²) in [4.78, 5) is 0. The van der Waals surface area contributed by atoms with Gasteiger partial charge in [-0.3, -0.25) is 0 Å². The SMILES string of the molecule is CN[C@@H](C)c1cc(F)c(F)c(F)c1. The molecule has 0 aliphatic heterocycles. The molecule has 4 heteroatoms. The van der Waals surface area contributed by atoms with E-state index < -0.39 is 17.5 Å². The molecule has 1 atom stereocenters. The molecule has 0 radical (unpaired) electrons. The van der Waals surface area contributed by atoms with Crippen LogP contribution in [0.15, 0.2) is 12.1 Å². The molecule has 1 rings (SSSR count). The molecule has 0 fully saturated rings. The van der Waals surface area contributed by atoms with Gasteiger partial charge in [-0.05, 0) is 31.7 Å². The molecular formula is C9H10F3N. The van der Waals surface area contributed by atoms with Gasteiger partial charge in [0.2, 0.25) is 0 Å². The Morgan fingerprint density at radius 3 is 2.00 bits per heavy atom. The minimum atomic E-state index is -1.42. The Morgan fingerprint density at radius 2 is 1.62 bits per heavy atom. The van der Waals surface area contributed by atoms with E-state index >= 15 is 0 Å². The first kappa shape index (κ1) is 10.1. The molecule has 0 aliphatic rings. The summed E-state index contributed by atoms with van der Waals surface area (Å²) in [7, 11) is 1.66. The average molecular weight is 189 g/mol. The Hall–Kier alpha value is -1.03. The van der Waals surface area contributed by atoms with E-state index in [2.05, 4.69) is 5.32 Å². The molecule has 1 nitrogen and oxygen atoms in total. The maximum Gasteiger partial charge on any atom is 0.194 e. The molecule has 13 heavy (non-hydrogen) atoms. The van der Waals surface area contributed by atoms with Crippen LogP contribution >= 0.6 is 0 Å². The third-order valence-electron chi connectivity index (χ3n) is 1.94. The summed E-state index contributed by atoms with van der Waals surface area (Å²) in [6.07, 6.45) is 0. The Kier molecular flexibility index (Phi) is 2.93. The van der Waals surface area contributed by atoms with Crippen LogP contribution in [0.3, 0.4) is 0 Å². The molecule has 0 saturated carbocycles. The molecule has 1 aromatic carbocycles. The molecule has 0 amide bonds. The highest BCUT2D eigenvalue weighted by Crippen LogP contribution is 2.18. The second kappa shape index (κ2) is 3.79. The maximum absolute atomic E-state index is 12.7. The van der Waals surface area contributed by atoms with Crippen LogP contribution in [0.5, 0.6) is 0 Å². The minimum Gasteiger partial charge on any atom is -0.313 e. The fraction of sp³-hybridized carbons (Fsp3) is 0.333. The summed E-state index contributed by atoms with van der Waals surface area (Å²) >= 11 is 0. The molecule has 1 aromatic rings. The van der Waals surface area contributed by atoms with Crippen molar-refractivity contribution >= 4 is 0 Å². The summed E-state index contributed by atoms with van der Waals surface area (Å²) < 4.78 is 37.9. The van der Waals surface area contributed by atoms with Gasteiger partial charge in [0.15, 0.2) is 17.5 Å². The molecule has 0 heterocycles. The Morgan fingerprint density at radius 1 is 1.15 bits per heavy atom. The average Bonchev–Trinajstić information content (AvgIpc) is 2.12. The van der Waals surface area contributed by atoms with Crippen LogP contribution in [-0.4, -0.2) is 7.05 Å². The van der Waals surface area contributed by atoms with Gasteiger partial charge >= 0.3 is 0 Å². The number of halogens is 3. The van der Waals surface area contributed by atoms with Crippen molar-refractivity contribution in [1.82, 2.24) is 5.32 Å². The fourth-order valence-corrected chi connectivity index (χ4v) is 0.992. The summed E-state index contributed by atoms with van der Waals surface area (Å²) in [5.41, 5.74) is 0.388. The van der Waals surface area contributed by atoms with Crippen molar-refractivity contribution in [2.24, 2.45) is 0 Å². The van der Waals surface area contributed by atoms with Crippen molar-refractivity contribution in [3.8, 4) is 0 Å². The molecule has 1 N–H and O–H groups in total. The summed E-state index contributed by atoms with van der Waals surface area (Å²) in [6, 6.07) is 1.77. The first-order chi connectivity index (χ1) is 6.06. The zero-order valence-corrected chi connectivity index (χ0v) is 7.37. The molecule has 0 spiro atoms. The van der Waals surface area contributed by atoms with Crippen molar-refractivity contribution in [3.05, 3.63) is 35.1 Å². The van der Waals surface area contributed by atoms with E-state index in [-0.39, 0.29) is 6.04 Å². The number of benzene rings is 1. The fourth-order valence-electron chi connectivity index (χ4n) is 0.992. The Labute approximate surface area is 74.6 Å². The molecular weight excluding hydrogens is 179 g/mol. The number of hydrogen-bond donors (Lipinski definition) is 1. The van der Waals surface area contributed by atoms with Crippen molar-refractivity contribution in [1.29, 1.82) is 0 Å².